The van der Waals surface area contributed by atoms with Crippen molar-refractivity contribution in [3.63, 3.8) is 0 Å². The van der Waals surface area contributed by atoms with E-state index in [9.17, 15) is 9.90 Å². The van der Waals surface area contributed by atoms with E-state index < -0.39 is 8.32 Å². The Kier molecular flexibility index (Phi) is 7.22. The van der Waals surface area contributed by atoms with Gasteiger partial charge in [0, 0.05) is 11.8 Å². The number of aryl methyl sites for hydroxylation is 2. The Morgan fingerprint density at radius 2 is 1.87 bits per heavy atom. The summed E-state index contributed by atoms with van der Waals surface area (Å²) in [5.41, 5.74) is 3.42. The number of hydrogen-bond donors (Lipinski definition) is 1. The molecule has 4 aromatic rings. The van der Waals surface area contributed by atoms with Gasteiger partial charge in [0.05, 0.1) is 36.4 Å². The van der Waals surface area contributed by atoms with Crippen LogP contribution in [-0.4, -0.2) is 37.5 Å². The fourth-order valence-corrected chi connectivity index (χ4v) is 5.31. The summed E-state index contributed by atoms with van der Waals surface area (Å²) in [4.78, 5) is 13.7. The third kappa shape index (κ3) is 5.22. The van der Waals surface area contributed by atoms with Gasteiger partial charge in [-0.2, -0.15) is 5.10 Å². The molecule has 0 spiro atoms. The molecule has 9 nitrogen and oxygen atoms in total. The Labute approximate surface area is 224 Å². The maximum absolute atomic E-state index is 13.7. The smallest absolute Gasteiger partial charge is 0.336 e. The van der Waals surface area contributed by atoms with E-state index in [1.807, 2.05) is 52.0 Å². The number of nitrogens with zero attached hydrogens (tertiary/aromatic N) is 5. The van der Waals surface area contributed by atoms with Crippen LogP contribution in [0.1, 0.15) is 68.8 Å². The lowest BCUT2D eigenvalue weighted by Crippen LogP contribution is -2.43. The van der Waals surface area contributed by atoms with Gasteiger partial charge in [0.25, 0.3) is 0 Å². The predicted molar refractivity (Wildman–Crippen MR) is 150 cm³/mol. The van der Waals surface area contributed by atoms with Gasteiger partial charge >= 0.3 is 5.69 Å². The molecule has 0 aliphatic heterocycles. The van der Waals surface area contributed by atoms with E-state index in [0.29, 0.717) is 24.5 Å². The molecule has 204 valence electrons. The fraction of sp³-hybridized carbons (Fsp3) is 0.464. The van der Waals surface area contributed by atoms with Gasteiger partial charge in [-0.25, -0.2) is 9.36 Å². The van der Waals surface area contributed by atoms with Crippen molar-refractivity contribution in [2.75, 3.05) is 0 Å². The van der Waals surface area contributed by atoms with Gasteiger partial charge in [-0.15, -0.1) is 0 Å². The van der Waals surface area contributed by atoms with Gasteiger partial charge < -0.3 is 14.1 Å². The molecule has 4 rings (SSSR count). The first-order chi connectivity index (χ1) is 17.7. The number of hydrogen-bond acceptors (Lipinski definition) is 6. The van der Waals surface area contributed by atoms with Crippen molar-refractivity contribution in [3.8, 4) is 17.3 Å². The summed E-state index contributed by atoms with van der Waals surface area (Å²) in [6.45, 7) is 19.5. The van der Waals surface area contributed by atoms with Crippen LogP contribution in [-0.2, 0) is 13.1 Å². The summed E-state index contributed by atoms with van der Waals surface area (Å²) in [7, 11) is -2.01. The highest BCUT2D eigenvalue weighted by Crippen LogP contribution is 2.37. The lowest BCUT2D eigenvalue weighted by atomic mass is 10.1. The summed E-state index contributed by atoms with van der Waals surface area (Å²) >= 11 is 0. The summed E-state index contributed by atoms with van der Waals surface area (Å²) < 4.78 is 16.4. The van der Waals surface area contributed by atoms with Crippen LogP contribution < -0.4 is 10.1 Å². The van der Waals surface area contributed by atoms with Crippen molar-refractivity contribution in [2.45, 2.75) is 85.6 Å². The quantitative estimate of drug-likeness (QED) is 0.287. The van der Waals surface area contributed by atoms with E-state index in [0.717, 1.165) is 28.3 Å². The van der Waals surface area contributed by atoms with Crippen LogP contribution in [0, 0.1) is 13.8 Å². The van der Waals surface area contributed by atoms with Crippen LogP contribution in [0.15, 0.2) is 46.0 Å². The number of aromatic hydroxyl groups is 1. The Hall–Kier alpha value is -3.53. The first-order valence-corrected chi connectivity index (χ1v) is 15.9. The highest BCUT2D eigenvalue weighted by atomic mass is 28.4. The van der Waals surface area contributed by atoms with Crippen LogP contribution in [0.4, 0.5) is 0 Å². The number of aromatic nitrogens is 5. The van der Waals surface area contributed by atoms with Crippen molar-refractivity contribution in [1.29, 1.82) is 0 Å². The summed E-state index contributed by atoms with van der Waals surface area (Å²) in [5.74, 6) is 1.38. The molecular weight excluding hydrogens is 498 g/mol. The second-order valence-corrected chi connectivity index (χ2v) is 16.5. The molecule has 0 amide bonds. The molecule has 0 radical (unpaired) electrons. The highest BCUT2D eigenvalue weighted by molar-refractivity contribution is 6.74. The van der Waals surface area contributed by atoms with E-state index >= 15 is 0 Å². The van der Waals surface area contributed by atoms with Crippen LogP contribution >= 0.6 is 0 Å². The Bertz CT molecular complexity index is 1480. The van der Waals surface area contributed by atoms with Crippen LogP contribution in [0.5, 0.6) is 11.6 Å². The van der Waals surface area contributed by atoms with Crippen molar-refractivity contribution < 1.29 is 14.1 Å². The zero-order chi connectivity index (χ0) is 28.0. The van der Waals surface area contributed by atoms with E-state index in [4.69, 9.17) is 8.95 Å². The Morgan fingerprint density at radius 1 is 1.16 bits per heavy atom. The highest BCUT2D eigenvalue weighted by Gasteiger charge is 2.39. The molecule has 1 aromatic carbocycles. The lowest BCUT2D eigenvalue weighted by molar-refractivity contribution is 0.391. The van der Waals surface area contributed by atoms with Gasteiger partial charge in [0.1, 0.15) is 11.5 Å². The summed E-state index contributed by atoms with van der Waals surface area (Å²) in [6, 6.07) is 7.89. The minimum atomic E-state index is -2.01. The van der Waals surface area contributed by atoms with Crippen LogP contribution in [0.3, 0.4) is 0 Å². The zero-order valence-corrected chi connectivity index (χ0v) is 24.9. The molecule has 0 aliphatic carbocycles. The predicted octanol–water partition coefficient (Wildman–Crippen LogP) is 5.75. The van der Waals surface area contributed by atoms with Gasteiger partial charge in [0.2, 0.25) is 14.2 Å². The second kappa shape index (κ2) is 9.98. The second-order valence-electron chi connectivity index (χ2n) is 11.8. The molecule has 0 bridgehead atoms. The van der Waals surface area contributed by atoms with E-state index in [2.05, 4.69) is 44.1 Å². The molecule has 0 saturated carbocycles. The minimum Gasteiger partial charge on any atom is -0.543 e. The molecule has 1 N–H and O–H groups in total. The Balaban J connectivity index is 1.68. The molecule has 3 aromatic heterocycles. The molecule has 0 fully saturated rings. The van der Waals surface area contributed by atoms with Gasteiger partial charge in [-0.05, 0) is 55.6 Å². The SMILES string of the molecule is Cc1noc(C)c1Cn1cc(-n2c(O)c(C(C)C)n(Cc3cccc(O[Si](C)(C)C(C)(C)C)c3)c2=O)cn1. The standard InChI is InChI=1S/C28H39N5O4Si/c1-18(2)25-26(34)33(22-14-29-31(16-22)17-24-19(3)30-36-20(24)4)27(35)32(25)15-21-11-10-12-23(13-21)37-38(8,9)28(5,6)7/h10-14,16,18,34H,15,17H2,1-9H3. The fourth-order valence-electron chi connectivity index (χ4n) is 4.29. The normalized spacial score (nSPS) is 12.5. The van der Waals surface area contributed by atoms with Crippen molar-refractivity contribution in [2.24, 2.45) is 0 Å². The number of rotatable bonds is 8. The molecule has 10 heteroatoms. The first kappa shape index (κ1) is 27.5. The van der Waals surface area contributed by atoms with E-state index in [-0.39, 0.29) is 22.5 Å². The molecule has 0 saturated heterocycles. The zero-order valence-electron chi connectivity index (χ0n) is 23.9. The minimum absolute atomic E-state index is 0.0731. The molecule has 3 heterocycles. The van der Waals surface area contributed by atoms with Crippen molar-refractivity contribution in [1.82, 2.24) is 24.1 Å². The maximum atomic E-state index is 13.7. The van der Waals surface area contributed by atoms with Gasteiger partial charge in [0.15, 0.2) is 0 Å². The van der Waals surface area contributed by atoms with Gasteiger partial charge in [-0.1, -0.05) is 51.9 Å². The third-order valence-corrected chi connectivity index (χ3v) is 11.9. The maximum Gasteiger partial charge on any atom is 0.336 e. The molecule has 0 unspecified atom stereocenters. The average Bonchev–Trinajstić information content (AvgIpc) is 3.46. The average molecular weight is 538 g/mol. The van der Waals surface area contributed by atoms with E-state index in [1.54, 1.807) is 21.6 Å². The molecule has 0 aliphatic rings. The first-order valence-electron chi connectivity index (χ1n) is 13.0. The number of imidazole rings is 1. The van der Waals surface area contributed by atoms with Crippen LogP contribution in [0.2, 0.25) is 18.1 Å². The number of benzene rings is 1. The Morgan fingerprint density at radius 3 is 2.47 bits per heavy atom. The van der Waals surface area contributed by atoms with E-state index in [1.165, 1.54) is 4.57 Å². The van der Waals surface area contributed by atoms with Gasteiger partial charge in [-0.3, -0.25) is 9.25 Å². The van der Waals surface area contributed by atoms with Crippen LogP contribution in [0.25, 0.3) is 5.69 Å². The lowest BCUT2D eigenvalue weighted by Gasteiger charge is -2.36. The molecule has 38 heavy (non-hydrogen) atoms. The molecular formula is C28H39N5O4Si. The topological polar surface area (TPSA) is 100 Å². The monoisotopic (exact) mass is 537 g/mol. The van der Waals surface area contributed by atoms with Crippen molar-refractivity contribution >= 4 is 8.32 Å². The third-order valence-electron chi connectivity index (χ3n) is 7.50. The largest absolute Gasteiger partial charge is 0.543 e. The molecule has 0 atom stereocenters. The van der Waals surface area contributed by atoms with Crippen molar-refractivity contribution in [3.05, 3.63) is 75.4 Å². The summed E-state index contributed by atoms with van der Waals surface area (Å²) in [5, 5.41) is 19.7. The summed E-state index contributed by atoms with van der Waals surface area (Å²) in [6.07, 6.45) is 3.33.